The van der Waals surface area contributed by atoms with Gasteiger partial charge in [-0.2, -0.15) is 0 Å². The summed E-state index contributed by atoms with van der Waals surface area (Å²) in [6.45, 7) is 3.08. The fourth-order valence-corrected chi connectivity index (χ4v) is 3.59. The van der Waals surface area contributed by atoms with E-state index in [0.717, 1.165) is 35.1 Å². The van der Waals surface area contributed by atoms with Crippen LogP contribution in [0.3, 0.4) is 0 Å². The number of carbonyl (C=O) groups is 2. The first-order valence-corrected chi connectivity index (χ1v) is 10.0. The summed E-state index contributed by atoms with van der Waals surface area (Å²) in [6.07, 6.45) is 1.41. The number of aliphatic carboxylic acids is 1. The average Bonchev–Trinajstić information content (AvgIpc) is 3.05. The minimum absolute atomic E-state index is 0.0613. The predicted octanol–water partition coefficient (Wildman–Crippen LogP) is 4.19. The van der Waals surface area contributed by atoms with E-state index < -0.39 is 18.1 Å². The maximum absolute atomic E-state index is 12.2. The Labute approximate surface area is 170 Å². The number of amides is 1. The van der Waals surface area contributed by atoms with E-state index in [1.165, 1.54) is 0 Å². The van der Waals surface area contributed by atoms with E-state index in [-0.39, 0.29) is 25.6 Å². The van der Waals surface area contributed by atoms with Gasteiger partial charge in [-0.15, -0.1) is 0 Å². The zero-order chi connectivity index (χ0) is 20.6. The molecule has 2 aromatic rings. The molecule has 6 nitrogen and oxygen atoms in total. The van der Waals surface area contributed by atoms with Crippen molar-refractivity contribution in [2.24, 2.45) is 0 Å². The Kier molecular flexibility index (Phi) is 7.25. The SMILES string of the molecule is CCCCOCCC(NC(=O)OCC1c2ccccc2-c2ccccc21)C(=O)O. The number of nitrogens with one attached hydrogen (secondary N) is 1. The zero-order valence-corrected chi connectivity index (χ0v) is 16.6. The summed E-state index contributed by atoms with van der Waals surface area (Å²) in [6, 6.07) is 15.1. The highest BCUT2D eigenvalue weighted by Crippen LogP contribution is 2.44. The summed E-state index contributed by atoms with van der Waals surface area (Å²) < 4.78 is 10.8. The number of hydrogen-bond acceptors (Lipinski definition) is 4. The van der Waals surface area contributed by atoms with Gasteiger partial charge in [0.05, 0.1) is 0 Å². The lowest BCUT2D eigenvalue weighted by atomic mass is 9.98. The van der Waals surface area contributed by atoms with Crippen LogP contribution in [0.1, 0.15) is 43.2 Å². The van der Waals surface area contributed by atoms with E-state index in [1.54, 1.807) is 0 Å². The monoisotopic (exact) mass is 397 g/mol. The van der Waals surface area contributed by atoms with E-state index >= 15 is 0 Å². The summed E-state index contributed by atoms with van der Waals surface area (Å²) >= 11 is 0. The van der Waals surface area contributed by atoms with Crippen molar-refractivity contribution < 1.29 is 24.2 Å². The standard InChI is InChI=1S/C23H27NO5/c1-2-3-13-28-14-12-21(22(25)26)24-23(27)29-15-20-18-10-6-4-8-16(18)17-9-5-7-11-19(17)20/h4-11,20-21H,2-3,12-15H2,1H3,(H,24,27)(H,25,26). The van der Waals surface area contributed by atoms with Gasteiger partial charge in [0, 0.05) is 25.6 Å². The molecule has 2 aromatic carbocycles. The van der Waals surface area contributed by atoms with E-state index in [0.29, 0.717) is 6.61 Å². The molecule has 1 aliphatic rings. The molecule has 0 radical (unpaired) electrons. The lowest BCUT2D eigenvalue weighted by Gasteiger charge is -2.17. The van der Waals surface area contributed by atoms with Crippen LogP contribution in [0.2, 0.25) is 0 Å². The van der Waals surface area contributed by atoms with Gasteiger partial charge < -0.3 is 19.9 Å². The molecule has 0 heterocycles. The number of carbonyl (C=O) groups excluding carboxylic acids is 1. The van der Waals surface area contributed by atoms with Gasteiger partial charge in [-0.1, -0.05) is 61.9 Å². The van der Waals surface area contributed by atoms with Gasteiger partial charge in [0.25, 0.3) is 0 Å². The van der Waals surface area contributed by atoms with Crippen LogP contribution in [0.4, 0.5) is 4.79 Å². The number of unbranched alkanes of at least 4 members (excludes halogenated alkanes) is 1. The van der Waals surface area contributed by atoms with Crippen LogP contribution in [-0.2, 0) is 14.3 Å². The van der Waals surface area contributed by atoms with Crippen molar-refractivity contribution in [2.75, 3.05) is 19.8 Å². The van der Waals surface area contributed by atoms with Crippen molar-refractivity contribution in [2.45, 2.75) is 38.1 Å². The molecule has 6 heteroatoms. The molecule has 1 unspecified atom stereocenters. The maximum atomic E-state index is 12.2. The van der Waals surface area contributed by atoms with Crippen LogP contribution in [0.5, 0.6) is 0 Å². The third kappa shape index (κ3) is 5.15. The number of carboxylic acid groups (broad SMARTS) is 1. The van der Waals surface area contributed by atoms with Crippen LogP contribution in [-0.4, -0.2) is 43.0 Å². The molecule has 154 valence electrons. The molecule has 0 aliphatic heterocycles. The van der Waals surface area contributed by atoms with Crippen molar-refractivity contribution in [3.63, 3.8) is 0 Å². The Bertz CT molecular complexity index is 805. The first-order valence-electron chi connectivity index (χ1n) is 10.0. The van der Waals surface area contributed by atoms with E-state index in [4.69, 9.17) is 9.47 Å². The van der Waals surface area contributed by atoms with Gasteiger partial charge >= 0.3 is 12.1 Å². The molecule has 0 saturated heterocycles. The smallest absolute Gasteiger partial charge is 0.407 e. The number of benzene rings is 2. The van der Waals surface area contributed by atoms with Gasteiger partial charge in [-0.25, -0.2) is 9.59 Å². The molecule has 0 fully saturated rings. The second-order valence-corrected chi connectivity index (χ2v) is 7.12. The molecule has 1 atom stereocenters. The van der Waals surface area contributed by atoms with Crippen molar-refractivity contribution in [1.29, 1.82) is 0 Å². The molecule has 0 aromatic heterocycles. The Morgan fingerprint density at radius 2 is 1.66 bits per heavy atom. The number of ether oxygens (including phenoxy) is 2. The molecule has 1 amide bonds. The van der Waals surface area contributed by atoms with E-state index in [9.17, 15) is 14.7 Å². The summed E-state index contributed by atoms with van der Waals surface area (Å²) in [5.41, 5.74) is 4.51. The van der Waals surface area contributed by atoms with Crippen molar-refractivity contribution >= 4 is 12.1 Å². The Morgan fingerprint density at radius 3 is 2.24 bits per heavy atom. The summed E-state index contributed by atoms with van der Waals surface area (Å²) in [4.78, 5) is 23.7. The van der Waals surface area contributed by atoms with Crippen LogP contribution in [0, 0.1) is 0 Å². The van der Waals surface area contributed by atoms with Crippen LogP contribution in [0.15, 0.2) is 48.5 Å². The number of alkyl carbamates (subject to hydrolysis) is 1. The van der Waals surface area contributed by atoms with Gasteiger partial charge in [-0.05, 0) is 28.7 Å². The fraction of sp³-hybridized carbons (Fsp3) is 0.391. The van der Waals surface area contributed by atoms with Crippen LogP contribution in [0.25, 0.3) is 11.1 Å². The molecular formula is C23H27NO5. The normalized spacial score (nSPS) is 13.4. The van der Waals surface area contributed by atoms with Crippen LogP contribution >= 0.6 is 0 Å². The van der Waals surface area contributed by atoms with Gasteiger partial charge in [0.2, 0.25) is 0 Å². The summed E-state index contributed by atoms with van der Waals surface area (Å²) in [5.74, 6) is -1.16. The predicted molar refractivity (Wildman–Crippen MR) is 110 cm³/mol. The lowest BCUT2D eigenvalue weighted by Crippen LogP contribution is -2.42. The largest absolute Gasteiger partial charge is 0.480 e. The third-order valence-corrected chi connectivity index (χ3v) is 5.13. The molecule has 0 spiro atoms. The average molecular weight is 397 g/mol. The molecule has 0 saturated carbocycles. The minimum Gasteiger partial charge on any atom is -0.480 e. The summed E-state index contributed by atoms with van der Waals surface area (Å²) in [5, 5.41) is 11.8. The zero-order valence-electron chi connectivity index (χ0n) is 16.6. The van der Waals surface area contributed by atoms with E-state index in [2.05, 4.69) is 24.4 Å². The van der Waals surface area contributed by atoms with Crippen molar-refractivity contribution in [3.8, 4) is 11.1 Å². The topological polar surface area (TPSA) is 84.9 Å². The highest BCUT2D eigenvalue weighted by Gasteiger charge is 2.29. The number of rotatable bonds is 10. The Morgan fingerprint density at radius 1 is 1.03 bits per heavy atom. The maximum Gasteiger partial charge on any atom is 0.407 e. The molecule has 2 N–H and O–H groups in total. The first kappa shape index (κ1) is 20.9. The van der Waals surface area contributed by atoms with E-state index in [1.807, 2.05) is 36.4 Å². The van der Waals surface area contributed by atoms with Crippen molar-refractivity contribution in [3.05, 3.63) is 59.7 Å². The molecule has 3 rings (SSSR count). The fourth-order valence-electron chi connectivity index (χ4n) is 3.59. The number of carboxylic acids is 1. The Balaban J connectivity index is 1.56. The van der Waals surface area contributed by atoms with Gasteiger partial charge in [0.1, 0.15) is 12.6 Å². The minimum atomic E-state index is -1.10. The quantitative estimate of drug-likeness (QED) is 0.588. The van der Waals surface area contributed by atoms with Gasteiger partial charge in [0.15, 0.2) is 0 Å². The molecular weight excluding hydrogens is 370 g/mol. The van der Waals surface area contributed by atoms with Crippen LogP contribution < -0.4 is 5.32 Å². The second-order valence-electron chi connectivity index (χ2n) is 7.12. The molecule has 0 bridgehead atoms. The van der Waals surface area contributed by atoms with Crippen molar-refractivity contribution in [1.82, 2.24) is 5.32 Å². The highest BCUT2D eigenvalue weighted by molar-refractivity contribution is 5.81. The second kappa shape index (κ2) is 10.1. The first-order chi connectivity index (χ1) is 14.1. The summed E-state index contributed by atoms with van der Waals surface area (Å²) in [7, 11) is 0. The highest BCUT2D eigenvalue weighted by atomic mass is 16.5. The number of fused-ring (bicyclic) bond motifs is 3. The lowest BCUT2D eigenvalue weighted by molar-refractivity contribution is -0.139. The third-order valence-electron chi connectivity index (χ3n) is 5.13. The van der Waals surface area contributed by atoms with Gasteiger partial charge in [-0.3, -0.25) is 0 Å². The molecule has 1 aliphatic carbocycles. The number of hydrogen-bond donors (Lipinski definition) is 2. The Hall–Kier alpha value is -2.86. The molecule has 29 heavy (non-hydrogen) atoms.